The Bertz CT molecular complexity index is 652. The van der Waals surface area contributed by atoms with Gasteiger partial charge in [0.1, 0.15) is 0 Å². The standard InChI is InChI=1S/C13H21N.C13H20.2C2H6/c1-12(2,3)10-7-8-11(14-9-10)13(4,5)6;1-10(2)11-6-8-12(9-7-11)13(3,4)5;2*1-2/h7-9H,1-6H3;6-10H,1-5H3;2*1-2H3. The molecule has 0 fully saturated rings. The van der Waals surface area contributed by atoms with Crippen molar-refractivity contribution >= 4 is 0 Å². The van der Waals surface area contributed by atoms with Gasteiger partial charge >= 0.3 is 0 Å². The highest BCUT2D eigenvalue weighted by Crippen LogP contribution is 2.25. The van der Waals surface area contributed by atoms with Crippen molar-refractivity contribution in [3.8, 4) is 0 Å². The van der Waals surface area contributed by atoms with Crippen LogP contribution in [0.3, 0.4) is 0 Å². The van der Waals surface area contributed by atoms with Gasteiger partial charge in [0, 0.05) is 17.3 Å². The number of hydrogen-bond acceptors (Lipinski definition) is 1. The SMILES string of the molecule is CC.CC.CC(C)(C)c1ccc(C(C)(C)C)nc1.CC(C)c1ccc(C(C)(C)C)cc1. The molecule has 0 unspecified atom stereocenters. The number of pyridine rings is 1. The molecule has 0 spiro atoms. The lowest BCUT2D eigenvalue weighted by Gasteiger charge is -2.22. The molecular formula is C30H53N. The second-order valence-corrected chi connectivity index (χ2v) is 11.0. The maximum Gasteiger partial charge on any atom is 0.0457 e. The van der Waals surface area contributed by atoms with E-state index in [-0.39, 0.29) is 16.2 Å². The molecule has 31 heavy (non-hydrogen) atoms. The van der Waals surface area contributed by atoms with Crippen LogP contribution in [0.15, 0.2) is 42.6 Å². The molecule has 0 saturated heterocycles. The first-order chi connectivity index (χ1) is 14.1. The molecule has 1 aromatic carbocycles. The Morgan fingerprint density at radius 2 is 0.935 bits per heavy atom. The van der Waals surface area contributed by atoms with Gasteiger partial charge in [0.25, 0.3) is 0 Å². The first-order valence-electron chi connectivity index (χ1n) is 12.2. The minimum absolute atomic E-state index is 0.149. The summed E-state index contributed by atoms with van der Waals surface area (Å²) in [7, 11) is 0. The van der Waals surface area contributed by atoms with Gasteiger partial charge in [-0.1, -0.05) is 134 Å². The Kier molecular flexibility index (Phi) is 14.0. The van der Waals surface area contributed by atoms with Crippen molar-refractivity contribution in [3.05, 3.63) is 65.0 Å². The summed E-state index contributed by atoms with van der Waals surface area (Å²) < 4.78 is 0. The largest absolute Gasteiger partial charge is 0.260 e. The van der Waals surface area contributed by atoms with Gasteiger partial charge in [0.15, 0.2) is 0 Å². The molecular weight excluding hydrogens is 374 g/mol. The highest BCUT2D eigenvalue weighted by Gasteiger charge is 2.18. The quantitative estimate of drug-likeness (QED) is 0.441. The van der Waals surface area contributed by atoms with Gasteiger partial charge in [-0.05, 0) is 39.5 Å². The van der Waals surface area contributed by atoms with Crippen molar-refractivity contribution in [3.63, 3.8) is 0 Å². The van der Waals surface area contributed by atoms with Crippen molar-refractivity contribution in [2.24, 2.45) is 0 Å². The second kappa shape index (κ2) is 13.7. The van der Waals surface area contributed by atoms with E-state index in [4.69, 9.17) is 0 Å². The van der Waals surface area contributed by atoms with Crippen LogP contribution in [0.4, 0.5) is 0 Å². The lowest BCUT2D eigenvalue weighted by atomic mass is 9.86. The lowest BCUT2D eigenvalue weighted by Crippen LogP contribution is -2.16. The van der Waals surface area contributed by atoms with Crippen molar-refractivity contribution < 1.29 is 0 Å². The Hall–Kier alpha value is -1.63. The Balaban J connectivity index is 0. The Morgan fingerprint density at radius 1 is 0.548 bits per heavy atom. The summed E-state index contributed by atoms with van der Waals surface area (Å²) in [6.45, 7) is 32.4. The van der Waals surface area contributed by atoms with E-state index in [2.05, 4.69) is 118 Å². The Labute approximate surface area is 196 Å². The van der Waals surface area contributed by atoms with Crippen molar-refractivity contribution in [2.75, 3.05) is 0 Å². The lowest BCUT2D eigenvalue weighted by molar-refractivity contribution is 0.556. The molecule has 0 saturated carbocycles. The van der Waals surface area contributed by atoms with E-state index in [1.807, 2.05) is 33.9 Å². The zero-order valence-corrected chi connectivity index (χ0v) is 23.6. The summed E-state index contributed by atoms with van der Waals surface area (Å²) in [6, 6.07) is 13.3. The third kappa shape index (κ3) is 12.1. The summed E-state index contributed by atoms with van der Waals surface area (Å²) >= 11 is 0. The van der Waals surface area contributed by atoms with Crippen LogP contribution >= 0.6 is 0 Å². The van der Waals surface area contributed by atoms with Gasteiger partial charge in [-0.3, -0.25) is 4.98 Å². The molecule has 0 bridgehead atoms. The van der Waals surface area contributed by atoms with Gasteiger partial charge in [0.2, 0.25) is 0 Å². The molecule has 0 N–H and O–H groups in total. The van der Waals surface area contributed by atoms with E-state index >= 15 is 0 Å². The molecule has 178 valence electrons. The topological polar surface area (TPSA) is 12.9 Å². The first-order valence-corrected chi connectivity index (χ1v) is 12.2. The van der Waals surface area contributed by atoms with Gasteiger partial charge in [-0.2, -0.15) is 0 Å². The number of aromatic nitrogens is 1. The third-order valence-electron chi connectivity index (χ3n) is 4.84. The van der Waals surface area contributed by atoms with Crippen LogP contribution in [-0.4, -0.2) is 4.98 Å². The van der Waals surface area contributed by atoms with Crippen LogP contribution in [0.25, 0.3) is 0 Å². The van der Waals surface area contributed by atoms with Crippen LogP contribution in [0.1, 0.15) is 132 Å². The summed E-state index contributed by atoms with van der Waals surface area (Å²) in [6.07, 6.45) is 2.00. The zero-order valence-electron chi connectivity index (χ0n) is 23.6. The Morgan fingerprint density at radius 3 is 1.19 bits per heavy atom. The highest BCUT2D eigenvalue weighted by atomic mass is 14.7. The summed E-state index contributed by atoms with van der Waals surface area (Å²) in [4.78, 5) is 4.52. The van der Waals surface area contributed by atoms with Crippen LogP contribution in [-0.2, 0) is 16.2 Å². The number of rotatable bonds is 1. The maximum absolute atomic E-state index is 4.52. The first kappa shape index (κ1) is 31.6. The minimum atomic E-state index is 0.149. The fourth-order valence-corrected chi connectivity index (χ4v) is 2.65. The molecule has 0 radical (unpaired) electrons. The van der Waals surface area contributed by atoms with E-state index in [1.54, 1.807) is 0 Å². The van der Waals surface area contributed by atoms with Crippen molar-refractivity contribution in [2.45, 2.75) is 126 Å². The zero-order chi connectivity index (χ0) is 25.0. The predicted molar refractivity (Wildman–Crippen MR) is 144 cm³/mol. The fourth-order valence-electron chi connectivity index (χ4n) is 2.65. The number of hydrogen-bond donors (Lipinski definition) is 0. The monoisotopic (exact) mass is 427 g/mol. The van der Waals surface area contributed by atoms with E-state index in [0.29, 0.717) is 5.92 Å². The maximum atomic E-state index is 4.52. The average molecular weight is 428 g/mol. The average Bonchev–Trinajstić information content (AvgIpc) is 2.70. The molecule has 0 amide bonds. The van der Waals surface area contributed by atoms with Gasteiger partial charge in [0.05, 0.1) is 0 Å². The third-order valence-corrected chi connectivity index (χ3v) is 4.84. The molecule has 0 aliphatic carbocycles. The smallest absolute Gasteiger partial charge is 0.0457 e. The molecule has 1 nitrogen and oxygen atoms in total. The molecule has 2 rings (SSSR count). The van der Waals surface area contributed by atoms with E-state index in [9.17, 15) is 0 Å². The van der Waals surface area contributed by atoms with Crippen LogP contribution in [0.5, 0.6) is 0 Å². The van der Waals surface area contributed by atoms with E-state index < -0.39 is 0 Å². The molecule has 1 aromatic heterocycles. The van der Waals surface area contributed by atoms with Gasteiger partial charge in [-0.15, -0.1) is 0 Å². The summed E-state index contributed by atoms with van der Waals surface area (Å²) in [5.41, 5.74) is 5.91. The van der Waals surface area contributed by atoms with Crippen LogP contribution in [0, 0.1) is 0 Å². The fraction of sp³-hybridized carbons (Fsp3) is 0.633. The van der Waals surface area contributed by atoms with Crippen LogP contribution in [0.2, 0.25) is 0 Å². The van der Waals surface area contributed by atoms with E-state index in [0.717, 1.165) is 5.69 Å². The predicted octanol–water partition coefficient (Wildman–Crippen LogP) is 9.84. The summed E-state index contributed by atoms with van der Waals surface area (Å²) in [5, 5.41) is 0. The molecule has 2 aromatic rings. The molecule has 1 heteroatoms. The molecule has 1 heterocycles. The van der Waals surface area contributed by atoms with Crippen molar-refractivity contribution in [1.82, 2.24) is 4.98 Å². The second-order valence-electron chi connectivity index (χ2n) is 11.0. The number of nitrogens with zero attached hydrogens (tertiary/aromatic N) is 1. The normalized spacial score (nSPS) is 11.4. The van der Waals surface area contributed by atoms with Crippen molar-refractivity contribution in [1.29, 1.82) is 0 Å². The van der Waals surface area contributed by atoms with Crippen LogP contribution < -0.4 is 0 Å². The highest BCUT2D eigenvalue weighted by molar-refractivity contribution is 5.29. The number of benzene rings is 1. The molecule has 0 aliphatic heterocycles. The van der Waals surface area contributed by atoms with E-state index in [1.165, 1.54) is 16.7 Å². The van der Waals surface area contributed by atoms with Gasteiger partial charge in [-0.25, -0.2) is 0 Å². The minimum Gasteiger partial charge on any atom is -0.260 e. The molecule has 0 atom stereocenters. The summed E-state index contributed by atoms with van der Waals surface area (Å²) in [5.74, 6) is 0.633. The molecule has 0 aliphatic rings. The van der Waals surface area contributed by atoms with Gasteiger partial charge < -0.3 is 0 Å².